The number of nitrogens with zero attached hydrogens (tertiary/aromatic N) is 2. The van der Waals surface area contributed by atoms with Gasteiger partial charge in [0.15, 0.2) is 0 Å². The fourth-order valence-electron chi connectivity index (χ4n) is 4.35. The molecule has 0 aliphatic carbocycles. The highest BCUT2D eigenvalue weighted by atomic mass is 35.5. The number of halogens is 7. The Labute approximate surface area is 178 Å². The van der Waals surface area contributed by atoms with E-state index < -0.39 is 47.6 Å². The molecule has 0 unspecified atom stereocenters. The Hall–Kier alpha value is -2.49. The summed E-state index contributed by atoms with van der Waals surface area (Å²) in [5.74, 6) is 0. The minimum atomic E-state index is -4.96. The van der Waals surface area contributed by atoms with Gasteiger partial charge in [0.1, 0.15) is 0 Å². The number of hydrogen-bond donors (Lipinski definition) is 1. The lowest BCUT2D eigenvalue weighted by Crippen LogP contribution is -2.31. The first-order valence-electron chi connectivity index (χ1n) is 9.36. The molecule has 4 rings (SSSR count). The van der Waals surface area contributed by atoms with Gasteiger partial charge in [0.05, 0.1) is 34.3 Å². The number of carbonyl (C=O) groups is 1. The largest absolute Gasteiger partial charge is 0.416 e. The zero-order valence-corrected chi connectivity index (χ0v) is 16.7. The molecule has 31 heavy (non-hydrogen) atoms. The predicted molar refractivity (Wildman–Crippen MR) is 99.3 cm³/mol. The van der Waals surface area contributed by atoms with E-state index in [1.807, 2.05) is 0 Å². The zero-order valence-electron chi connectivity index (χ0n) is 16.0. The van der Waals surface area contributed by atoms with Crippen LogP contribution in [-0.2, 0) is 12.4 Å². The van der Waals surface area contributed by atoms with Gasteiger partial charge in [-0.1, -0.05) is 11.6 Å². The summed E-state index contributed by atoms with van der Waals surface area (Å²) in [4.78, 5) is 18.2. The van der Waals surface area contributed by atoms with Gasteiger partial charge in [0.2, 0.25) is 0 Å². The minimum Gasteiger partial charge on any atom is -0.329 e. The van der Waals surface area contributed by atoms with Crippen molar-refractivity contribution in [3.63, 3.8) is 0 Å². The fraction of sp³-hybridized carbons (Fsp3) is 0.400. The Bertz CT molecular complexity index is 1010. The number of urea groups is 1. The molecular formula is C20H16ClF6N3O. The van der Waals surface area contributed by atoms with Crippen LogP contribution in [0.15, 0.2) is 30.5 Å². The molecule has 0 spiro atoms. The summed E-state index contributed by atoms with van der Waals surface area (Å²) in [6, 6.07) is 0.512. The first-order valence-corrected chi connectivity index (χ1v) is 9.74. The summed E-state index contributed by atoms with van der Waals surface area (Å²) >= 11 is 6.24. The predicted octanol–water partition coefficient (Wildman–Crippen LogP) is 6.05. The summed E-state index contributed by atoms with van der Waals surface area (Å²) < 4.78 is 79.5. The standard InChI is InChI=1S/C20H16ClF6N3O/c1-9-4-13(14(21)8-28-9)15-2-3-16-17(29-18(31)30(15)16)10-5-11(19(22,23)24)7-12(6-10)20(25,26)27/h4-8,15-17H,2-3H2,1H3,(H,29,31)/t15-,16-,17+/m0/s1. The maximum Gasteiger partial charge on any atom is 0.416 e. The third kappa shape index (κ3) is 3.93. The fourth-order valence-corrected chi connectivity index (χ4v) is 4.58. The van der Waals surface area contributed by atoms with Crippen molar-refractivity contribution in [3.8, 4) is 0 Å². The van der Waals surface area contributed by atoms with Crippen LogP contribution >= 0.6 is 11.6 Å². The van der Waals surface area contributed by atoms with Crippen LogP contribution in [0.1, 0.15) is 52.9 Å². The van der Waals surface area contributed by atoms with E-state index in [1.165, 1.54) is 11.1 Å². The van der Waals surface area contributed by atoms with Gasteiger partial charge in [0.25, 0.3) is 0 Å². The van der Waals surface area contributed by atoms with Gasteiger partial charge >= 0.3 is 18.4 Å². The molecular weight excluding hydrogens is 448 g/mol. The summed E-state index contributed by atoms with van der Waals surface area (Å²) in [5.41, 5.74) is -1.74. The van der Waals surface area contributed by atoms with Crippen LogP contribution in [0, 0.1) is 6.92 Å². The number of alkyl halides is 6. The van der Waals surface area contributed by atoms with E-state index in [2.05, 4.69) is 10.3 Å². The van der Waals surface area contributed by atoms with Crippen molar-refractivity contribution in [2.45, 2.75) is 50.2 Å². The van der Waals surface area contributed by atoms with Gasteiger partial charge in [-0.15, -0.1) is 0 Å². The number of benzene rings is 1. The minimum absolute atomic E-state index is 0.0784. The number of hydrogen-bond acceptors (Lipinski definition) is 2. The molecule has 166 valence electrons. The maximum absolute atomic E-state index is 13.2. The number of pyridine rings is 1. The highest BCUT2D eigenvalue weighted by Gasteiger charge is 2.49. The smallest absolute Gasteiger partial charge is 0.329 e. The van der Waals surface area contributed by atoms with Crippen molar-refractivity contribution in [2.24, 2.45) is 0 Å². The number of rotatable bonds is 2. The Morgan fingerprint density at radius 1 is 1.03 bits per heavy atom. The molecule has 0 bridgehead atoms. The normalized spacial score (nSPS) is 23.8. The number of aromatic nitrogens is 1. The number of aryl methyl sites for hydroxylation is 1. The van der Waals surface area contributed by atoms with E-state index in [0.29, 0.717) is 41.3 Å². The van der Waals surface area contributed by atoms with E-state index >= 15 is 0 Å². The molecule has 2 aromatic rings. The van der Waals surface area contributed by atoms with E-state index in [9.17, 15) is 31.1 Å². The summed E-state index contributed by atoms with van der Waals surface area (Å²) in [7, 11) is 0. The van der Waals surface area contributed by atoms with Crippen LogP contribution in [0.3, 0.4) is 0 Å². The third-order valence-electron chi connectivity index (χ3n) is 5.68. The number of fused-ring (bicyclic) bond motifs is 1. The number of carbonyl (C=O) groups excluding carboxylic acids is 1. The second-order valence-corrected chi connectivity index (χ2v) is 8.09. The molecule has 11 heteroatoms. The molecule has 1 aromatic carbocycles. The quantitative estimate of drug-likeness (QED) is 0.551. The zero-order chi connectivity index (χ0) is 22.7. The molecule has 0 radical (unpaired) electrons. The molecule has 2 amide bonds. The lowest BCUT2D eigenvalue weighted by Gasteiger charge is -2.25. The lowest BCUT2D eigenvalue weighted by molar-refractivity contribution is -0.143. The first kappa shape index (κ1) is 21.7. The summed E-state index contributed by atoms with van der Waals surface area (Å²) in [6.07, 6.45) is -7.60. The van der Waals surface area contributed by atoms with E-state index in [-0.39, 0.29) is 11.6 Å². The van der Waals surface area contributed by atoms with E-state index in [1.54, 1.807) is 13.0 Å². The lowest BCUT2D eigenvalue weighted by atomic mass is 9.94. The van der Waals surface area contributed by atoms with Gasteiger partial charge in [0, 0.05) is 11.9 Å². The molecule has 3 atom stereocenters. The van der Waals surface area contributed by atoms with Gasteiger partial charge in [-0.3, -0.25) is 4.98 Å². The van der Waals surface area contributed by atoms with Crippen molar-refractivity contribution in [1.82, 2.24) is 15.2 Å². The molecule has 4 nitrogen and oxygen atoms in total. The van der Waals surface area contributed by atoms with E-state index in [0.717, 1.165) is 0 Å². The topological polar surface area (TPSA) is 45.2 Å². The summed E-state index contributed by atoms with van der Waals surface area (Å²) in [5, 5.41) is 2.90. The molecule has 3 heterocycles. The average Bonchev–Trinajstić information content (AvgIpc) is 3.23. The second-order valence-electron chi connectivity index (χ2n) is 7.68. The molecule has 2 fully saturated rings. The van der Waals surface area contributed by atoms with Gasteiger partial charge in [-0.05, 0) is 55.2 Å². The van der Waals surface area contributed by atoms with Crippen molar-refractivity contribution < 1.29 is 31.1 Å². The molecule has 0 saturated carbocycles. The van der Waals surface area contributed by atoms with Crippen LogP contribution in [0.4, 0.5) is 31.1 Å². The Morgan fingerprint density at radius 3 is 2.23 bits per heavy atom. The van der Waals surface area contributed by atoms with Crippen LogP contribution in [-0.4, -0.2) is 22.0 Å². The highest BCUT2D eigenvalue weighted by Crippen LogP contribution is 2.47. The van der Waals surface area contributed by atoms with Crippen LogP contribution in [0.25, 0.3) is 0 Å². The average molecular weight is 464 g/mol. The maximum atomic E-state index is 13.2. The van der Waals surface area contributed by atoms with Crippen molar-refractivity contribution in [2.75, 3.05) is 0 Å². The van der Waals surface area contributed by atoms with Gasteiger partial charge < -0.3 is 10.2 Å². The Balaban J connectivity index is 1.73. The number of nitrogens with one attached hydrogen (secondary N) is 1. The molecule has 2 saturated heterocycles. The Kier molecular flexibility index (Phi) is 5.11. The van der Waals surface area contributed by atoms with Crippen molar-refractivity contribution in [1.29, 1.82) is 0 Å². The third-order valence-corrected chi connectivity index (χ3v) is 5.99. The summed E-state index contributed by atoms with van der Waals surface area (Å²) in [6.45, 7) is 1.75. The molecule has 2 aliphatic heterocycles. The van der Waals surface area contributed by atoms with Gasteiger partial charge in [-0.2, -0.15) is 26.3 Å². The van der Waals surface area contributed by atoms with Crippen LogP contribution in [0.5, 0.6) is 0 Å². The second kappa shape index (κ2) is 7.29. The van der Waals surface area contributed by atoms with Crippen molar-refractivity contribution >= 4 is 17.6 Å². The molecule has 1 aromatic heterocycles. The van der Waals surface area contributed by atoms with Gasteiger partial charge in [-0.25, -0.2) is 4.79 Å². The van der Waals surface area contributed by atoms with Crippen LogP contribution < -0.4 is 5.32 Å². The number of amides is 2. The Morgan fingerprint density at radius 2 is 1.65 bits per heavy atom. The monoisotopic (exact) mass is 463 g/mol. The van der Waals surface area contributed by atoms with Crippen LogP contribution in [0.2, 0.25) is 5.02 Å². The molecule has 2 aliphatic rings. The first-order chi connectivity index (χ1) is 14.4. The van der Waals surface area contributed by atoms with Crippen molar-refractivity contribution in [3.05, 3.63) is 63.4 Å². The SMILES string of the molecule is Cc1cc([C@@H]2CC[C@H]3[C@@H](c4cc(C(F)(F)F)cc(C(F)(F)F)c4)NC(=O)N23)c(Cl)cn1. The highest BCUT2D eigenvalue weighted by molar-refractivity contribution is 6.31. The van der Waals surface area contributed by atoms with E-state index in [4.69, 9.17) is 11.6 Å². The molecule has 1 N–H and O–H groups in total.